The molecule has 0 radical (unpaired) electrons. The van der Waals surface area contributed by atoms with Crippen molar-refractivity contribution in [2.75, 3.05) is 26.2 Å². The van der Waals surface area contributed by atoms with Gasteiger partial charge in [-0.15, -0.1) is 11.3 Å². The number of nitrogens with zero attached hydrogens (tertiary/aromatic N) is 2. The van der Waals surface area contributed by atoms with Crippen molar-refractivity contribution in [2.24, 2.45) is 0 Å². The molecule has 1 aromatic heterocycles. The van der Waals surface area contributed by atoms with Crippen LogP contribution in [0.1, 0.15) is 16.7 Å². The highest BCUT2D eigenvalue weighted by Crippen LogP contribution is 2.08. The van der Waals surface area contributed by atoms with Crippen molar-refractivity contribution < 1.29 is 4.79 Å². The number of hydrogen-bond donors (Lipinski definition) is 1. The van der Waals surface area contributed by atoms with Gasteiger partial charge in [0.2, 0.25) is 5.78 Å². The van der Waals surface area contributed by atoms with E-state index in [1.165, 1.54) is 11.3 Å². The Hall–Kier alpha value is -0.780. The largest absolute Gasteiger partial charge is 0.314 e. The Bertz CT molecular complexity index is 325. The van der Waals surface area contributed by atoms with E-state index < -0.39 is 0 Å². The van der Waals surface area contributed by atoms with Crippen LogP contribution in [-0.2, 0) is 0 Å². The van der Waals surface area contributed by atoms with Gasteiger partial charge in [-0.3, -0.25) is 9.69 Å². The molecule has 0 spiro atoms. The van der Waals surface area contributed by atoms with E-state index in [1.54, 1.807) is 6.20 Å². The van der Waals surface area contributed by atoms with Crippen LogP contribution in [0.25, 0.3) is 0 Å². The smallest absolute Gasteiger partial charge is 0.205 e. The first-order chi connectivity index (χ1) is 7.27. The molecule has 0 saturated carbocycles. The van der Waals surface area contributed by atoms with E-state index in [4.69, 9.17) is 0 Å². The van der Waals surface area contributed by atoms with Crippen molar-refractivity contribution in [3.05, 3.63) is 16.6 Å². The molecule has 2 rings (SSSR count). The molecule has 0 amide bonds. The maximum absolute atomic E-state index is 11.8. The molecule has 0 aromatic carbocycles. The van der Waals surface area contributed by atoms with Gasteiger partial charge in [-0.1, -0.05) is 0 Å². The Morgan fingerprint density at radius 1 is 1.80 bits per heavy atom. The number of ketones is 1. The van der Waals surface area contributed by atoms with Crippen LogP contribution in [0, 0.1) is 0 Å². The van der Waals surface area contributed by atoms with E-state index in [0.717, 1.165) is 19.6 Å². The van der Waals surface area contributed by atoms with E-state index in [1.807, 2.05) is 5.38 Å². The number of Topliss-reactive ketones (excluding diaryl/α,β-unsaturated/α-hetero) is 1. The molecule has 1 aliphatic heterocycles. The van der Waals surface area contributed by atoms with Gasteiger partial charge in [0.15, 0.2) is 5.01 Å². The van der Waals surface area contributed by atoms with Crippen LogP contribution in [0.4, 0.5) is 0 Å². The van der Waals surface area contributed by atoms with Crippen molar-refractivity contribution in [3.63, 3.8) is 0 Å². The number of carbonyl (C=O) groups is 1. The maximum atomic E-state index is 11.8. The Balaban J connectivity index is 1.93. The minimum Gasteiger partial charge on any atom is -0.314 e. The predicted molar refractivity (Wildman–Crippen MR) is 60.3 cm³/mol. The second-order valence-electron chi connectivity index (χ2n) is 3.78. The lowest BCUT2D eigenvalue weighted by Gasteiger charge is -2.32. The molecular formula is C10H15N3OS. The van der Waals surface area contributed by atoms with E-state index in [-0.39, 0.29) is 5.78 Å². The molecule has 1 fully saturated rings. The SMILES string of the molecule is C[C@@H]1CNCCN1CC(=O)c1nccs1. The zero-order valence-corrected chi connectivity index (χ0v) is 9.59. The van der Waals surface area contributed by atoms with Gasteiger partial charge in [-0.25, -0.2) is 4.98 Å². The third-order valence-corrected chi connectivity index (χ3v) is 3.47. The summed E-state index contributed by atoms with van der Waals surface area (Å²) in [5, 5.41) is 5.77. The second-order valence-corrected chi connectivity index (χ2v) is 4.68. The van der Waals surface area contributed by atoms with Gasteiger partial charge in [0.25, 0.3) is 0 Å². The highest BCUT2D eigenvalue weighted by Gasteiger charge is 2.21. The van der Waals surface area contributed by atoms with Gasteiger partial charge in [0.05, 0.1) is 6.54 Å². The van der Waals surface area contributed by atoms with Gasteiger partial charge in [0.1, 0.15) is 0 Å². The fourth-order valence-electron chi connectivity index (χ4n) is 1.73. The summed E-state index contributed by atoms with van der Waals surface area (Å²) in [6.07, 6.45) is 1.68. The molecule has 0 aliphatic carbocycles. The molecule has 0 bridgehead atoms. The number of carbonyl (C=O) groups excluding carboxylic acids is 1. The van der Waals surface area contributed by atoms with Crippen molar-refractivity contribution in [2.45, 2.75) is 13.0 Å². The first-order valence-corrected chi connectivity index (χ1v) is 6.03. The molecule has 1 aromatic rings. The van der Waals surface area contributed by atoms with Crippen LogP contribution in [-0.4, -0.2) is 47.9 Å². The molecule has 1 aliphatic rings. The van der Waals surface area contributed by atoms with Crippen molar-refractivity contribution in [3.8, 4) is 0 Å². The van der Waals surface area contributed by atoms with Crippen molar-refractivity contribution in [1.82, 2.24) is 15.2 Å². The molecule has 0 unspecified atom stereocenters. The minimum atomic E-state index is 0.138. The molecule has 1 atom stereocenters. The van der Waals surface area contributed by atoms with Crippen LogP contribution in [0.2, 0.25) is 0 Å². The highest BCUT2D eigenvalue weighted by molar-refractivity contribution is 7.11. The summed E-state index contributed by atoms with van der Waals surface area (Å²) in [5.41, 5.74) is 0. The summed E-state index contributed by atoms with van der Waals surface area (Å²) in [5.74, 6) is 0.138. The van der Waals surface area contributed by atoms with Crippen LogP contribution >= 0.6 is 11.3 Å². The van der Waals surface area contributed by atoms with E-state index in [9.17, 15) is 4.79 Å². The zero-order chi connectivity index (χ0) is 10.7. The average molecular weight is 225 g/mol. The summed E-state index contributed by atoms with van der Waals surface area (Å²) in [7, 11) is 0. The minimum absolute atomic E-state index is 0.138. The summed E-state index contributed by atoms with van der Waals surface area (Å²) < 4.78 is 0. The van der Waals surface area contributed by atoms with E-state index >= 15 is 0 Å². The number of thiazole rings is 1. The maximum Gasteiger partial charge on any atom is 0.205 e. The van der Waals surface area contributed by atoms with Gasteiger partial charge in [0, 0.05) is 37.3 Å². The third kappa shape index (κ3) is 2.62. The highest BCUT2D eigenvalue weighted by atomic mass is 32.1. The number of aromatic nitrogens is 1. The van der Waals surface area contributed by atoms with E-state index in [0.29, 0.717) is 17.6 Å². The number of piperazine rings is 1. The van der Waals surface area contributed by atoms with Crippen LogP contribution in [0.15, 0.2) is 11.6 Å². The summed E-state index contributed by atoms with van der Waals surface area (Å²) >= 11 is 1.42. The Labute approximate surface area is 93.3 Å². The fraction of sp³-hybridized carbons (Fsp3) is 0.600. The zero-order valence-electron chi connectivity index (χ0n) is 8.77. The van der Waals surface area contributed by atoms with Gasteiger partial charge < -0.3 is 5.32 Å². The first kappa shape index (κ1) is 10.7. The summed E-state index contributed by atoms with van der Waals surface area (Å²) in [6, 6.07) is 0.433. The van der Waals surface area contributed by atoms with Crippen LogP contribution in [0.5, 0.6) is 0 Å². The first-order valence-electron chi connectivity index (χ1n) is 5.15. The number of rotatable bonds is 3. The Kier molecular flexibility index (Phi) is 3.45. The standard InChI is InChI=1S/C10H15N3OS/c1-8-6-11-2-4-13(8)7-9(14)10-12-3-5-15-10/h3,5,8,11H,2,4,6-7H2,1H3/t8-/m1/s1. The lowest BCUT2D eigenvalue weighted by Crippen LogP contribution is -2.51. The van der Waals surface area contributed by atoms with Crippen LogP contribution < -0.4 is 5.32 Å². The molecule has 82 valence electrons. The van der Waals surface area contributed by atoms with Gasteiger partial charge in [-0.2, -0.15) is 0 Å². The predicted octanol–water partition coefficient (Wildman–Crippen LogP) is 0.620. The number of nitrogens with one attached hydrogen (secondary N) is 1. The lowest BCUT2D eigenvalue weighted by molar-refractivity contribution is 0.0875. The topological polar surface area (TPSA) is 45.2 Å². The van der Waals surface area contributed by atoms with Crippen molar-refractivity contribution in [1.29, 1.82) is 0 Å². The number of hydrogen-bond acceptors (Lipinski definition) is 5. The van der Waals surface area contributed by atoms with Crippen molar-refractivity contribution >= 4 is 17.1 Å². The third-order valence-electron chi connectivity index (χ3n) is 2.66. The quantitative estimate of drug-likeness (QED) is 0.766. The molecule has 1 N–H and O–H groups in total. The van der Waals surface area contributed by atoms with E-state index in [2.05, 4.69) is 22.1 Å². The Morgan fingerprint density at radius 2 is 2.67 bits per heavy atom. The lowest BCUT2D eigenvalue weighted by atomic mass is 10.2. The fourth-order valence-corrected chi connectivity index (χ4v) is 2.30. The molecule has 4 nitrogen and oxygen atoms in total. The van der Waals surface area contributed by atoms with Crippen LogP contribution in [0.3, 0.4) is 0 Å². The molecule has 5 heteroatoms. The molecule has 1 saturated heterocycles. The Morgan fingerprint density at radius 3 is 3.33 bits per heavy atom. The van der Waals surface area contributed by atoms with Gasteiger partial charge in [-0.05, 0) is 6.92 Å². The normalized spacial score (nSPS) is 22.9. The monoisotopic (exact) mass is 225 g/mol. The summed E-state index contributed by atoms with van der Waals surface area (Å²) in [6.45, 7) is 5.51. The average Bonchev–Trinajstić information content (AvgIpc) is 2.74. The summed E-state index contributed by atoms with van der Waals surface area (Å²) in [4.78, 5) is 18.0. The second kappa shape index (κ2) is 4.83. The molecular weight excluding hydrogens is 210 g/mol. The molecule has 15 heavy (non-hydrogen) atoms. The molecule has 2 heterocycles. The van der Waals surface area contributed by atoms with Gasteiger partial charge >= 0.3 is 0 Å².